The third kappa shape index (κ3) is 4.39. The average molecular weight is 700 g/mol. The van der Waals surface area contributed by atoms with Crippen molar-refractivity contribution in [2.24, 2.45) is 0 Å². The van der Waals surface area contributed by atoms with Crippen molar-refractivity contribution in [2.45, 2.75) is 0 Å². The van der Waals surface area contributed by atoms with Gasteiger partial charge in [-0.05, 0) is 78.2 Å². The van der Waals surface area contributed by atoms with Crippen molar-refractivity contribution in [1.29, 1.82) is 5.26 Å². The molecule has 0 amide bonds. The molecule has 254 valence electrons. The Labute approximate surface area is 316 Å². The molecule has 0 spiro atoms. The summed E-state index contributed by atoms with van der Waals surface area (Å²) in [6.45, 7) is 7.64. The van der Waals surface area contributed by atoms with Gasteiger partial charge in [-0.25, -0.2) is 4.85 Å². The molecule has 0 aliphatic carbocycles. The Bertz CT molecular complexity index is 3420. The number of aromatic nitrogens is 3. The van der Waals surface area contributed by atoms with E-state index in [1.807, 2.05) is 42.5 Å². The van der Waals surface area contributed by atoms with Crippen LogP contribution in [0.5, 0.6) is 0 Å². The predicted octanol–water partition coefficient (Wildman–Crippen LogP) is 13.1. The summed E-state index contributed by atoms with van der Waals surface area (Å²) < 4.78 is 7.00. The summed E-state index contributed by atoms with van der Waals surface area (Å²) in [4.78, 5) is 3.71. The Morgan fingerprint density at radius 2 is 0.945 bits per heavy atom. The molecule has 11 rings (SSSR count). The zero-order valence-electron chi connectivity index (χ0n) is 29.5. The summed E-state index contributed by atoms with van der Waals surface area (Å²) in [7, 11) is 0. The number of benzene rings is 8. The molecule has 0 N–H and O–H groups in total. The van der Waals surface area contributed by atoms with E-state index in [2.05, 4.69) is 158 Å². The molecule has 8 aromatic carbocycles. The predicted molar refractivity (Wildman–Crippen MR) is 226 cm³/mol. The van der Waals surface area contributed by atoms with Crippen LogP contribution in [0.2, 0.25) is 0 Å². The monoisotopic (exact) mass is 699 g/mol. The van der Waals surface area contributed by atoms with Crippen molar-refractivity contribution in [3.63, 3.8) is 0 Å². The lowest BCUT2D eigenvalue weighted by Gasteiger charge is -2.17. The van der Waals surface area contributed by atoms with Crippen molar-refractivity contribution >= 4 is 71.1 Å². The Morgan fingerprint density at radius 3 is 1.64 bits per heavy atom. The molecule has 3 aromatic heterocycles. The quantitative estimate of drug-likeness (QED) is 0.169. The smallest absolute Gasteiger partial charge is 0.188 e. The highest BCUT2D eigenvalue weighted by Gasteiger charge is 2.22. The summed E-state index contributed by atoms with van der Waals surface area (Å²) in [6, 6.07) is 63.7. The molecule has 0 unspecified atom stereocenters. The molecule has 0 aliphatic heterocycles. The van der Waals surface area contributed by atoms with E-state index < -0.39 is 0 Å². The molecule has 0 fully saturated rings. The van der Waals surface area contributed by atoms with Crippen LogP contribution in [0.25, 0.3) is 98.5 Å². The highest BCUT2D eigenvalue weighted by Crippen LogP contribution is 2.43. The number of nitriles is 1. The molecule has 55 heavy (non-hydrogen) atoms. The lowest BCUT2D eigenvalue weighted by Crippen LogP contribution is -2.00. The number of hydrogen-bond donors (Lipinski definition) is 0. The molecule has 5 nitrogen and oxygen atoms in total. The van der Waals surface area contributed by atoms with Crippen LogP contribution in [-0.4, -0.2) is 13.7 Å². The average Bonchev–Trinajstić information content (AvgIpc) is 3.89. The van der Waals surface area contributed by atoms with Crippen LogP contribution in [0, 0.1) is 17.9 Å². The lowest BCUT2D eigenvalue weighted by atomic mass is 9.97. The molecule has 0 saturated heterocycles. The molecule has 0 bridgehead atoms. The Hall–Kier alpha value is -7.86. The first-order valence-electron chi connectivity index (χ1n) is 18.3. The number of hydrogen-bond acceptors (Lipinski definition) is 1. The van der Waals surface area contributed by atoms with Gasteiger partial charge in [0.05, 0.1) is 62.7 Å². The highest BCUT2D eigenvalue weighted by atomic mass is 15.0. The van der Waals surface area contributed by atoms with E-state index in [0.717, 1.165) is 71.8 Å². The third-order valence-electron chi connectivity index (χ3n) is 11.1. The SMILES string of the molecule is [C-]#[N+]c1ccc2c(c1)c1ccccc1n2-c1ccc(C#N)c(-c2ccccc2-n2c3ccccc3c3c(-n4c5ccccc5c5ccccc54)cccc32)c1. The molecule has 0 aliphatic rings. The summed E-state index contributed by atoms with van der Waals surface area (Å²) >= 11 is 0. The fourth-order valence-electron chi connectivity index (χ4n) is 8.82. The molecule has 0 atom stereocenters. The summed E-state index contributed by atoms with van der Waals surface area (Å²) in [5.74, 6) is 0. The molecule has 0 saturated carbocycles. The fraction of sp³-hybridized carbons (Fsp3) is 0. The standard InChI is InChI=1S/C50H29N5/c1-52-33-26-28-47-41(29-33)38-16-5-7-18-42(38)53(47)34-27-25-32(31-51)40(30-34)37-15-4-10-21-45(37)55-46-22-11-6-17-39(46)50-48(23-12-24-49(50)55)54-43-19-8-2-13-35(43)36-14-3-9-20-44(36)54/h2-30H. The second kappa shape index (κ2) is 11.8. The molecule has 11 aromatic rings. The van der Waals surface area contributed by atoms with Gasteiger partial charge in [0.25, 0.3) is 0 Å². The Kier molecular flexibility index (Phi) is 6.61. The van der Waals surface area contributed by atoms with E-state index in [0.29, 0.717) is 11.3 Å². The van der Waals surface area contributed by atoms with E-state index in [4.69, 9.17) is 6.57 Å². The Morgan fingerprint density at radius 1 is 0.418 bits per heavy atom. The van der Waals surface area contributed by atoms with Gasteiger partial charge in [-0.2, -0.15) is 5.26 Å². The zero-order valence-corrected chi connectivity index (χ0v) is 29.5. The van der Waals surface area contributed by atoms with E-state index >= 15 is 0 Å². The van der Waals surface area contributed by atoms with Gasteiger partial charge in [0.15, 0.2) is 5.69 Å². The van der Waals surface area contributed by atoms with Gasteiger partial charge in [0.1, 0.15) is 0 Å². The summed E-state index contributed by atoms with van der Waals surface area (Å²) in [6.07, 6.45) is 0. The summed E-state index contributed by atoms with van der Waals surface area (Å²) in [5, 5.41) is 17.5. The van der Waals surface area contributed by atoms with Crippen molar-refractivity contribution in [1.82, 2.24) is 13.7 Å². The van der Waals surface area contributed by atoms with E-state index in [-0.39, 0.29) is 0 Å². The van der Waals surface area contributed by atoms with Crippen molar-refractivity contribution in [3.8, 4) is 34.3 Å². The van der Waals surface area contributed by atoms with Gasteiger partial charge in [0.2, 0.25) is 0 Å². The summed E-state index contributed by atoms with van der Waals surface area (Å²) in [5.41, 5.74) is 12.6. The second-order valence-electron chi connectivity index (χ2n) is 13.9. The van der Waals surface area contributed by atoms with E-state index in [1.165, 1.54) is 21.8 Å². The van der Waals surface area contributed by atoms with Gasteiger partial charge in [-0.15, -0.1) is 0 Å². The second-order valence-corrected chi connectivity index (χ2v) is 13.9. The van der Waals surface area contributed by atoms with Crippen LogP contribution in [0.1, 0.15) is 5.56 Å². The number of nitrogens with zero attached hydrogens (tertiary/aromatic N) is 5. The largest absolute Gasteiger partial charge is 0.309 e. The minimum absolute atomic E-state index is 0.596. The first-order chi connectivity index (χ1) is 27.2. The topological polar surface area (TPSA) is 42.9 Å². The number of para-hydroxylation sites is 5. The van der Waals surface area contributed by atoms with Crippen molar-refractivity contribution < 1.29 is 0 Å². The van der Waals surface area contributed by atoms with Crippen molar-refractivity contribution in [3.05, 3.63) is 193 Å². The van der Waals surface area contributed by atoms with Gasteiger partial charge in [0, 0.05) is 43.7 Å². The minimum Gasteiger partial charge on any atom is -0.309 e. The van der Waals surface area contributed by atoms with Gasteiger partial charge < -0.3 is 13.7 Å². The fourth-order valence-corrected chi connectivity index (χ4v) is 8.82. The van der Waals surface area contributed by atoms with Gasteiger partial charge in [-0.1, -0.05) is 103 Å². The van der Waals surface area contributed by atoms with Crippen molar-refractivity contribution in [2.75, 3.05) is 0 Å². The Balaban J connectivity index is 1.19. The zero-order chi connectivity index (χ0) is 36.6. The normalized spacial score (nSPS) is 11.6. The van der Waals surface area contributed by atoms with E-state index in [1.54, 1.807) is 0 Å². The highest BCUT2D eigenvalue weighted by molar-refractivity contribution is 6.17. The molecular weight excluding hydrogens is 671 g/mol. The lowest BCUT2D eigenvalue weighted by molar-refractivity contribution is 1.16. The van der Waals surface area contributed by atoms with Gasteiger partial charge >= 0.3 is 0 Å². The molecule has 0 radical (unpaired) electrons. The minimum atomic E-state index is 0.596. The van der Waals surface area contributed by atoms with Crippen LogP contribution in [0.15, 0.2) is 176 Å². The van der Waals surface area contributed by atoms with Crippen LogP contribution in [0.3, 0.4) is 0 Å². The van der Waals surface area contributed by atoms with Crippen LogP contribution in [-0.2, 0) is 0 Å². The number of rotatable bonds is 4. The third-order valence-corrected chi connectivity index (χ3v) is 11.1. The van der Waals surface area contributed by atoms with Gasteiger partial charge in [-0.3, -0.25) is 0 Å². The maximum atomic E-state index is 10.6. The number of fused-ring (bicyclic) bond motifs is 9. The first-order valence-corrected chi connectivity index (χ1v) is 18.3. The molecular formula is C50H29N5. The van der Waals surface area contributed by atoms with Crippen LogP contribution in [0.4, 0.5) is 5.69 Å². The first kappa shape index (κ1) is 30.7. The van der Waals surface area contributed by atoms with Crippen LogP contribution >= 0.6 is 0 Å². The maximum Gasteiger partial charge on any atom is 0.188 e. The maximum absolute atomic E-state index is 10.6. The van der Waals surface area contributed by atoms with E-state index in [9.17, 15) is 5.26 Å². The van der Waals surface area contributed by atoms with Crippen LogP contribution < -0.4 is 0 Å². The molecule has 3 heterocycles. The molecule has 5 heteroatoms.